The largest absolute Gasteiger partial charge is 0.356 e. The van der Waals surface area contributed by atoms with Crippen LogP contribution < -0.4 is 26.6 Å². The lowest BCUT2D eigenvalue weighted by molar-refractivity contribution is -0.141. The van der Waals surface area contributed by atoms with Crippen LogP contribution in [0.1, 0.15) is 83.1 Å². The molecule has 11 heteroatoms. The molecule has 0 spiro atoms. The van der Waals surface area contributed by atoms with Crippen LogP contribution in [0.5, 0.6) is 0 Å². The average Bonchev–Trinajstić information content (AvgIpc) is 3.74. The van der Waals surface area contributed by atoms with Crippen molar-refractivity contribution in [2.24, 2.45) is 11.8 Å². The van der Waals surface area contributed by atoms with Gasteiger partial charge in [0.2, 0.25) is 29.4 Å². The minimum absolute atomic E-state index is 0.00460. The number of carbonyl (C=O) groups excluding carboxylic acids is 6. The highest BCUT2D eigenvalue weighted by molar-refractivity contribution is 6.38. The summed E-state index contributed by atoms with van der Waals surface area (Å²) in [6.45, 7) is 2.34. The summed E-state index contributed by atoms with van der Waals surface area (Å²) in [5.74, 6) is -3.71. The number of benzene rings is 1. The van der Waals surface area contributed by atoms with E-state index in [9.17, 15) is 28.8 Å². The topological polar surface area (TPSA) is 163 Å². The van der Waals surface area contributed by atoms with Crippen molar-refractivity contribution < 1.29 is 28.8 Å². The summed E-state index contributed by atoms with van der Waals surface area (Å²) in [6.07, 6.45) is 7.82. The lowest BCUT2D eigenvalue weighted by Gasteiger charge is -2.27. The number of rotatable bonds is 15. The van der Waals surface area contributed by atoms with Crippen LogP contribution in [0.25, 0.3) is 0 Å². The van der Waals surface area contributed by atoms with Crippen molar-refractivity contribution in [1.82, 2.24) is 26.6 Å². The van der Waals surface area contributed by atoms with Gasteiger partial charge in [-0.15, -0.1) is 0 Å². The predicted molar refractivity (Wildman–Crippen MR) is 159 cm³/mol. The summed E-state index contributed by atoms with van der Waals surface area (Å²) in [5, 5.41) is 13.8. The molecule has 4 atom stereocenters. The number of Topliss-reactive ketones (excluding diaryl/α,β-unsaturated/α-hetero) is 1. The van der Waals surface area contributed by atoms with E-state index >= 15 is 0 Å². The van der Waals surface area contributed by atoms with Crippen LogP contribution in [-0.4, -0.2) is 66.0 Å². The molecule has 5 N–H and O–H groups in total. The van der Waals surface area contributed by atoms with Gasteiger partial charge in [-0.3, -0.25) is 28.8 Å². The fourth-order valence-corrected chi connectivity index (χ4v) is 5.84. The predicted octanol–water partition coefficient (Wildman–Crippen LogP) is 1.44. The van der Waals surface area contributed by atoms with Gasteiger partial charge >= 0.3 is 0 Å². The summed E-state index contributed by atoms with van der Waals surface area (Å²) in [6, 6.07) is 6.22. The first-order valence-electron chi connectivity index (χ1n) is 15.8. The number of nitrogens with one attached hydrogen (secondary N) is 5. The minimum Gasteiger partial charge on any atom is -0.356 e. The second kappa shape index (κ2) is 15.6. The van der Waals surface area contributed by atoms with E-state index in [4.69, 9.17) is 0 Å². The molecule has 0 aromatic heterocycles. The maximum Gasteiger partial charge on any atom is 0.289 e. The number of amides is 5. The fraction of sp³-hybridized carbons (Fsp3) is 0.625. The van der Waals surface area contributed by atoms with Gasteiger partial charge in [0.1, 0.15) is 12.1 Å². The molecule has 11 nitrogen and oxygen atoms in total. The summed E-state index contributed by atoms with van der Waals surface area (Å²) in [4.78, 5) is 78.3. The van der Waals surface area contributed by atoms with E-state index in [1.165, 1.54) is 0 Å². The Morgan fingerprint density at radius 1 is 0.837 bits per heavy atom. The highest BCUT2D eigenvalue weighted by atomic mass is 16.2. The van der Waals surface area contributed by atoms with Crippen LogP contribution in [-0.2, 0) is 35.2 Å². The summed E-state index contributed by atoms with van der Waals surface area (Å²) >= 11 is 0. The molecule has 4 rings (SSSR count). The monoisotopic (exact) mass is 595 g/mol. The van der Waals surface area contributed by atoms with Crippen LogP contribution in [0, 0.1) is 11.8 Å². The molecule has 43 heavy (non-hydrogen) atoms. The van der Waals surface area contributed by atoms with Gasteiger partial charge in [-0.25, -0.2) is 0 Å². The van der Waals surface area contributed by atoms with Crippen LogP contribution in [0.2, 0.25) is 0 Å². The van der Waals surface area contributed by atoms with Gasteiger partial charge < -0.3 is 26.6 Å². The minimum atomic E-state index is -1.21. The zero-order valence-corrected chi connectivity index (χ0v) is 25.0. The third-order valence-corrected chi connectivity index (χ3v) is 8.55. The van der Waals surface area contributed by atoms with Gasteiger partial charge in [0, 0.05) is 30.8 Å². The molecule has 1 heterocycles. The lowest BCUT2D eigenvalue weighted by atomic mass is 9.88. The van der Waals surface area contributed by atoms with E-state index in [1.807, 2.05) is 37.3 Å². The molecule has 1 aliphatic heterocycles. The zero-order chi connectivity index (χ0) is 30.8. The molecule has 1 aromatic carbocycles. The molecule has 0 unspecified atom stereocenters. The third kappa shape index (κ3) is 9.62. The van der Waals surface area contributed by atoms with E-state index in [0.717, 1.165) is 50.5 Å². The zero-order valence-electron chi connectivity index (χ0n) is 25.0. The van der Waals surface area contributed by atoms with Crippen molar-refractivity contribution in [3.05, 3.63) is 35.9 Å². The Morgan fingerprint density at radius 2 is 1.51 bits per heavy atom. The fourth-order valence-electron chi connectivity index (χ4n) is 5.84. The molecular weight excluding hydrogens is 550 g/mol. The normalized spacial score (nSPS) is 20.7. The number of ketones is 1. The Morgan fingerprint density at radius 3 is 2.14 bits per heavy atom. The Balaban J connectivity index is 1.46. The van der Waals surface area contributed by atoms with E-state index in [1.54, 1.807) is 0 Å². The first-order chi connectivity index (χ1) is 20.7. The average molecular weight is 596 g/mol. The Labute approximate surface area is 253 Å². The first-order valence-corrected chi connectivity index (χ1v) is 15.8. The first kappa shape index (κ1) is 32.2. The summed E-state index contributed by atoms with van der Waals surface area (Å²) in [7, 11) is 0. The van der Waals surface area contributed by atoms with Gasteiger partial charge in [-0.2, -0.15) is 0 Å². The molecule has 3 aliphatic rings. The van der Waals surface area contributed by atoms with Crippen molar-refractivity contribution in [2.75, 3.05) is 6.54 Å². The maximum atomic E-state index is 13.6. The summed E-state index contributed by atoms with van der Waals surface area (Å²) in [5.41, 5.74) is 0.866. The van der Waals surface area contributed by atoms with Crippen LogP contribution in [0.3, 0.4) is 0 Å². The Kier molecular flexibility index (Phi) is 11.7. The molecular formula is C32H45N5O6. The Bertz CT molecular complexity index is 1160. The molecule has 5 amide bonds. The van der Waals surface area contributed by atoms with E-state index in [-0.39, 0.29) is 43.0 Å². The van der Waals surface area contributed by atoms with Crippen molar-refractivity contribution in [3.63, 3.8) is 0 Å². The third-order valence-electron chi connectivity index (χ3n) is 8.55. The van der Waals surface area contributed by atoms with E-state index in [0.29, 0.717) is 19.4 Å². The number of hydrogen-bond acceptors (Lipinski definition) is 6. The Hall–Kier alpha value is -3.76. The second-order valence-corrected chi connectivity index (χ2v) is 12.1. The molecule has 234 valence electrons. The highest BCUT2D eigenvalue weighted by Crippen LogP contribution is 2.24. The lowest BCUT2D eigenvalue weighted by Crippen LogP contribution is -2.57. The van der Waals surface area contributed by atoms with Crippen molar-refractivity contribution >= 4 is 35.3 Å². The van der Waals surface area contributed by atoms with Gasteiger partial charge in [-0.05, 0) is 50.5 Å². The molecule has 1 saturated heterocycles. The van der Waals surface area contributed by atoms with Gasteiger partial charge in [0.15, 0.2) is 0 Å². The van der Waals surface area contributed by atoms with E-state index in [2.05, 4.69) is 26.6 Å². The second-order valence-electron chi connectivity index (χ2n) is 12.1. The number of carbonyl (C=O) groups is 6. The maximum absolute atomic E-state index is 13.6. The van der Waals surface area contributed by atoms with Crippen LogP contribution in [0.15, 0.2) is 30.3 Å². The van der Waals surface area contributed by atoms with Gasteiger partial charge in [0.05, 0.1) is 6.04 Å². The van der Waals surface area contributed by atoms with Gasteiger partial charge in [-0.1, -0.05) is 62.9 Å². The van der Waals surface area contributed by atoms with Crippen molar-refractivity contribution in [1.29, 1.82) is 0 Å². The summed E-state index contributed by atoms with van der Waals surface area (Å²) < 4.78 is 0. The van der Waals surface area contributed by atoms with Gasteiger partial charge in [0.25, 0.3) is 5.91 Å². The quantitative estimate of drug-likeness (QED) is 0.193. The standard InChI is InChI=1S/C32H45N5O6/c1-2-9-24(30(41)36-25(19-22-16-17-33-28(22)39)27(38)32(43)34-23-14-15-23)35-31(42)26(18-20-10-5-3-6-11-20)37-29(40)21-12-7-4-8-13-21/h3,5-6,10-11,21-26H,2,4,7-9,12-19H2,1H3,(H,33,39)(H,34,43)(H,35,42)(H,36,41)(H,37,40)/t22-,24-,25-,26+/m0/s1. The molecule has 0 radical (unpaired) electrons. The molecule has 3 fully saturated rings. The van der Waals surface area contributed by atoms with Crippen LogP contribution in [0.4, 0.5) is 0 Å². The smallest absolute Gasteiger partial charge is 0.289 e. The number of hydrogen-bond donors (Lipinski definition) is 5. The van der Waals surface area contributed by atoms with Crippen LogP contribution >= 0.6 is 0 Å². The highest BCUT2D eigenvalue weighted by Gasteiger charge is 2.37. The molecule has 1 aromatic rings. The van der Waals surface area contributed by atoms with Crippen molar-refractivity contribution in [2.45, 2.75) is 108 Å². The molecule has 2 aliphatic carbocycles. The SMILES string of the molecule is CCC[C@H](NC(=O)[C@@H](Cc1ccccc1)NC(=O)C1CCCCC1)C(=O)N[C@@H](C[C@@H]1CCNC1=O)C(=O)C(=O)NC1CC1. The molecule has 0 bridgehead atoms. The van der Waals surface area contributed by atoms with E-state index < -0.39 is 47.5 Å². The molecule has 2 saturated carbocycles. The van der Waals surface area contributed by atoms with Crippen molar-refractivity contribution in [3.8, 4) is 0 Å².